The Labute approximate surface area is 116 Å². The van der Waals surface area contributed by atoms with E-state index in [1.165, 1.54) is 23.7 Å². The van der Waals surface area contributed by atoms with Gasteiger partial charge >= 0.3 is 0 Å². The Morgan fingerprint density at radius 3 is 2.83 bits per heavy atom. The standard InChI is InChI=1S/C11H10BrF2N3S/c1-15-9(10-5-18-17-16-10)4-6-8(13)3-2-7(12)11(6)14/h2-3,5,9,15H,4H2,1H3. The number of likely N-dealkylation sites (N-methyl/N-ethyl adjacent to an activating group) is 1. The topological polar surface area (TPSA) is 37.8 Å². The third-order valence-corrected chi connectivity index (χ3v) is 3.76. The van der Waals surface area contributed by atoms with E-state index in [0.29, 0.717) is 5.69 Å². The fourth-order valence-electron chi connectivity index (χ4n) is 1.64. The molecule has 18 heavy (non-hydrogen) atoms. The van der Waals surface area contributed by atoms with Gasteiger partial charge in [0.05, 0.1) is 16.2 Å². The van der Waals surface area contributed by atoms with Crippen LogP contribution in [-0.4, -0.2) is 16.6 Å². The lowest BCUT2D eigenvalue weighted by Gasteiger charge is -2.14. The fourth-order valence-corrected chi connectivity index (χ4v) is 2.52. The SMILES string of the molecule is CNC(Cc1c(F)ccc(Br)c1F)c1csnn1. The van der Waals surface area contributed by atoms with Crippen molar-refractivity contribution in [2.45, 2.75) is 12.5 Å². The van der Waals surface area contributed by atoms with Crippen LogP contribution in [0.1, 0.15) is 17.3 Å². The minimum absolute atomic E-state index is 0.0386. The number of aromatic nitrogens is 2. The van der Waals surface area contributed by atoms with Crippen LogP contribution < -0.4 is 5.32 Å². The van der Waals surface area contributed by atoms with Gasteiger partial charge < -0.3 is 5.32 Å². The molecular formula is C11H10BrF2N3S. The van der Waals surface area contributed by atoms with Gasteiger partial charge in [0.15, 0.2) is 0 Å². The highest BCUT2D eigenvalue weighted by atomic mass is 79.9. The first-order chi connectivity index (χ1) is 8.63. The molecule has 0 saturated carbocycles. The molecule has 1 aromatic heterocycles. The number of halogens is 3. The summed E-state index contributed by atoms with van der Waals surface area (Å²) in [5, 5.41) is 8.66. The highest BCUT2D eigenvalue weighted by molar-refractivity contribution is 9.10. The van der Waals surface area contributed by atoms with Crippen LogP contribution in [0.15, 0.2) is 22.0 Å². The van der Waals surface area contributed by atoms with Crippen LogP contribution in [0.3, 0.4) is 0 Å². The van der Waals surface area contributed by atoms with Crippen LogP contribution in [0, 0.1) is 11.6 Å². The van der Waals surface area contributed by atoms with E-state index in [9.17, 15) is 8.78 Å². The maximum Gasteiger partial charge on any atom is 0.143 e. The van der Waals surface area contributed by atoms with Crippen molar-refractivity contribution in [3.05, 3.63) is 44.9 Å². The molecule has 1 atom stereocenters. The predicted octanol–water partition coefficient (Wildman–Crippen LogP) is 3.08. The molecular weight excluding hydrogens is 324 g/mol. The van der Waals surface area contributed by atoms with Crippen LogP contribution in [0.25, 0.3) is 0 Å². The molecule has 7 heteroatoms. The molecule has 1 heterocycles. The Balaban J connectivity index is 2.30. The fraction of sp³-hybridized carbons (Fsp3) is 0.273. The molecule has 2 aromatic rings. The highest BCUT2D eigenvalue weighted by Gasteiger charge is 2.19. The van der Waals surface area contributed by atoms with Gasteiger partial charge in [0.2, 0.25) is 0 Å². The molecule has 3 nitrogen and oxygen atoms in total. The maximum atomic E-state index is 13.9. The Morgan fingerprint density at radius 1 is 1.44 bits per heavy atom. The second kappa shape index (κ2) is 5.81. The van der Waals surface area contributed by atoms with Crippen molar-refractivity contribution in [3.8, 4) is 0 Å². The minimum atomic E-state index is -0.571. The van der Waals surface area contributed by atoms with Gasteiger partial charge in [-0.15, -0.1) is 5.10 Å². The van der Waals surface area contributed by atoms with E-state index in [0.717, 1.165) is 0 Å². The third-order valence-electron chi connectivity index (χ3n) is 2.63. The van der Waals surface area contributed by atoms with Crippen molar-refractivity contribution in [3.63, 3.8) is 0 Å². The lowest BCUT2D eigenvalue weighted by atomic mass is 10.0. The zero-order chi connectivity index (χ0) is 13.1. The summed E-state index contributed by atoms with van der Waals surface area (Å²) in [6, 6.07) is 2.34. The first-order valence-electron chi connectivity index (χ1n) is 5.20. The average molecular weight is 334 g/mol. The molecule has 1 unspecified atom stereocenters. The molecule has 1 aromatic carbocycles. The van der Waals surface area contributed by atoms with E-state index in [4.69, 9.17) is 0 Å². The molecule has 0 radical (unpaired) electrons. The van der Waals surface area contributed by atoms with Crippen LogP contribution in [0.2, 0.25) is 0 Å². The number of nitrogens with zero attached hydrogens (tertiary/aromatic N) is 2. The van der Waals surface area contributed by atoms with E-state index in [1.54, 1.807) is 12.4 Å². The van der Waals surface area contributed by atoms with Crippen molar-refractivity contribution < 1.29 is 8.78 Å². The third kappa shape index (κ3) is 2.73. The second-order valence-electron chi connectivity index (χ2n) is 3.70. The molecule has 0 saturated heterocycles. The average Bonchev–Trinajstić information content (AvgIpc) is 2.88. The molecule has 2 rings (SSSR count). The van der Waals surface area contributed by atoms with Crippen LogP contribution in [-0.2, 0) is 6.42 Å². The normalized spacial score (nSPS) is 12.7. The van der Waals surface area contributed by atoms with Gasteiger partial charge in [-0.2, -0.15) is 0 Å². The van der Waals surface area contributed by atoms with Crippen molar-refractivity contribution in [1.82, 2.24) is 14.9 Å². The van der Waals surface area contributed by atoms with Crippen molar-refractivity contribution in [2.75, 3.05) is 7.05 Å². The van der Waals surface area contributed by atoms with Crippen LogP contribution in [0.4, 0.5) is 8.78 Å². The molecule has 96 valence electrons. The number of benzene rings is 1. The van der Waals surface area contributed by atoms with Gasteiger partial charge in [0.1, 0.15) is 11.6 Å². The molecule has 0 fully saturated rings. The summed E-state index contributed by atoms with van der Waals surface area (Å²) in [6.45, 7) is 0. The Hall–Kier alpha value is -0.920. The summed E-state index contributed by atoms with van der Waals surface area (Å²) >= 11 is 4.26. The summed E-state index contributed by atoms with van der Waals surface area (Å²) < 4.78 is 31.5. The number of nitrogens with one attached hydrogen (secondary N) is 1. The van der Waals surface area contributed by atoms with E-state index in [1.807, 2.05) is 0 Å². The van der Waals surface area contributed by atoms with Gasteiger partial charge in [0, 0.05) is 10.9 Å². The molecule has 0 amide bonds. The Kier molecular flexibility index (Phi) is 4.36. The zero-order valence-corrected chi connectivity index (χ0v) is 11.9. The van der Waals surface area contributed by atoms with E-state index in [-0.39, 0.29) is 22.5 Å². The first-order valence-corrected chi connectivity index (χ1v) is 6.83. The molecule has 0 aliphatic carbocycles. The molecule has 0 spiro atoms. The summed E-state index contributed by atoms with van der Waals surface area (Å²) in [6.07, 6.45) is 0.180. The van der Waals surface area contributed by atoms with Gasteiger partial charge in [0.25, 0.3) is 0 Å². The Morgan fingerprint density at radius 2 is 2.22 bits per heavy atom. The van der Waals surface area contributed by atoms with Gasteiger partial charge in [-0.3, -0.25) is 0 Å². The molecule has 0 aliphatic heterocycles. The lowest BCUT2D eigenvalue weighted by Crippen LogP contribution is -2.20. The van der Waals surface area contributed by atoms with E-state index >= 15 is 0 Å². The number of rotatable bonds is 4. The van der Waals surface area contributed by atoms with Crippen molar-refractivity contribution in [1.29, 1.82) is 0 Å². The van der Waals surface area contributed by atoms with E-state index < -0.39 is 11.6 Å². The van der Waals surface area contributed by atoms with Crippen molar-refractivity contribution in [2.24, 2.45) is 0 Å². The van der Waals surface area contributed by atoms with Crippen LogP contribution in [0.5, 0.6) is 0 Å². The van der Waals surface area contributed by atoms with E-state index in [2.05, 4.69) is 30.8 Å². The summed E-state index contributed by atoms with van der Waals surface area (Å²) in [5.41, 5.74) is 0.720. The largest absolute Gasteiger partial charge is 0.311 e. The zero-order valence-electron chi connectivity index (χ0n) is 9.45. The molecule has 1 N–H and O–H groups in total. The lowest BCUT2D eigenvalue weighted by molar-refractivity contribution is 0.506. The minimum Gasteiger partial charge on any atom is -0.311 e. The Bertz CT molecular complexity index is 533. The second-order valence-corrected chi connectivity index (χ2v) is 5.16. The first kappa shape index (κ1) is 13.5. The number of hydrogen-bond donors (Lipinski definition) is 1. The van der Waals surface area contributed by atoms with Gasteiger partial charge in [-0.05, 0) is 53.1 Å². The van der Waals surface area contributed by atoms with Crippen molar-refractivity contribution >= 4 is 27.5 Å². The van der Waals surface area contributed by atoms with Gasteiger partial charge in [-0.25, -0.2) is 8.78 Å². The predicted molar refractivity (Wildman–Crippen MR) is 69.5 cm³/mol. The monoisotopic (exact) mass is 333 g/mol. The summed E-state index contributed by atoms with van der Waals surface area (Å²) in [5.74, 6) is -1.13. The number of hydrogen-bond acceptors (Lipinski definition) is 4. The molecule has 0 aliphatic rings. The summed E-state index contributed by atoms with van der Waals surface area (Å²) in [4.78, 5) is 0. The smallest absolute Gasteiger partial charge is 0.143 e. The maximum absolute atomic E-state index is 13.9. The van der Waals surface area contributed by atoms with Crippen LogP contribution >= 0.6 is 27.5 Å². The van der Waals surface area contributed by atoms with Gasteiger partial charge in [-0.1, -0.05) is 4.49 Å². The quantitative estimate of drug-likeness (QED) is 0.874. The molecule has 0 bridgehead atoms. The summed E-state index contributed by atoms with van der Waals surface area (Å²) in [7, 11) is 1.72. The highest BCUT2D eigenvalue weighted by Crippen LogP contribution is 2.26.